The molecule has 2 nitrogen and oxygen atoms in total. The lowest BCUT2D eigenvalue weighted by Gasteiger charge is -2.37. The largest absolute Gasteiger partial charge is 0.303 e. The van der Waals surface area contributed by atoms with Gasteiger partial charge in [-0.25, -0.2) is 0 Å². The summed E-state index contributed by atoms with van der Waals surface area (Å²) in [7, 11) is 4.41. The van der Waals surface area contributed by atoms with Crippen LogP contribution in [0.1, 0.15) is 10.9 Å². The molecule has 0 saturated carbocycles. The minimum atomic E-state index is 0.574. The lowest BCUT2D eigenvalue weighted by Crippen LogP contribution is -2.44. The molecule has 1 aromatic rings. The van der Waals surface area contributed by atoms with Crippen LogP contribution in [0.4, 0.5) is 0 Å². The summed E-state index contributed by atoms with van der Waals surface area (Å²) in [5.74, 6) is 0. The van der Waals surface area contributed by atoms with Gasteiger partial charge in [0.1, 0.15) is 0 Å². The topological polar surface area (TPSA) is 6.48 Å². The fraction of sp³-hybridized carbons (Fsp3) is 0.600. The van der Waals surface area contributed by atoms with Gasteiger partial charge in [-0.3, -0.25) is 4.90 Å². The SMILES string of the molecule is CN1CCN(C)C(c2cc(Br)cs2)C1. The third kappa shape index (κ3) is 2.19. The van der Waals surface area contributed by atoms with Crippen molar-refractivity contribution in [1.29, 1.82) is 0 Å². The molecule has 2 rings (SSSR count). The van der Waals surface area contributed by atoms with Crippen LogP contribution >= 0.6 is 27.3 Å². The van der Waals surface area contributed by atoms with Crippen molar-refractivity contribution < 1.29 is 0 Å². The molecule has 1 aliphatic rings. The number of hydrogen-bond donors (Lipinski definition) is 0. The molecule has 0 aliphatic carbocycles. The Balaban J connectivity index is 2.15. The van der Waals surface area contributed by atoms with E-state index in [-0.39, 0.29) is 0 Å². The molecular formula is C10H15BrN2S. The average Bonchev–Trinajstić information content (AvgIpc) is 2.56. The maximum absolute atomic E-state index is 3.51. The Morgan fingerprint density at radius 1 is 1.43 bits per heavy atom. The maximum Gasteiger partial charge on any atom is 0.0567 e. The Hall–Kier alpha value is 0.1000. The monoisotopic (exact) mass is 274 g/mol. The highest BCUT2D eigenvalue weighted by molar-refractivity contribution is 9.10. The van der Waals surface area contributed by atoms with Crippen LogP contribution in [-0.2, 0) is 0 Å². The Morgan fingerprint density at radius 3 is 2.86 bits per heavy atom. The molecule has 1 fully saturated rings. The van der Waals surface area contributed by atoms with E-state index in [0.717, 1.165) is 13.1 Å². The van der Waals surface area contributed by atoms with Crippen molar-refractivity contribution in [3.63, 3.8) is 0 Å². The summed E-state index contributed by atoms with van der Waals surface area (Å²) in [6.45, 7) is 3.49. The summed E-state index contributed by atoms with van der Waals surface area (Å²) >= 11 is 5.36. The highest BCUT2D eigenvalue weighted by atomic mass is 79.9. The van der Waals surface area contributed by atoms with E-state index in [1.165, 1.54) is 15.9 Å². The summed E-state index contributed by atoms with van der Waals surface area (Å²) in [5.41, 5.74) is 0. The normalized spacial score (nSPS) is 25.5. The van der Waals surface area contributed by atoms with Gasteiger partial charge in [-0.1, -0.05) is 0 Å². The zero-order valence-electron chi connectivity index (χ0n) is 8.53. The van der Waals surface area contributed by atoms with Crippen LogP contribution < -0.4 is 0 Å². The van der Waals surface area contributed by atoms with Crippen LogP contribution in [0.15, 0.2) is 15.9 Å². The summed E-state index contributed by atoms with van der Waals surface area (Å²) < 4.78 is 1.21. The number of halogens is 1. The van der Waals surface area contributed by atoms with Gasteiger partial charge in [0.05, 0.1) is 6.04 Å². The van der Waals surface area contributed by atoms with Crippen molar-refractivity contribution in [2.24, 2.45) is 0 Å². The average molecular weight is 275 g/mol. The van der Waals surface area contributed by atoms with Gasteiger partial charge in [0.15, 0.2) is 0 Å². The molecule has 0 spiro atoms. The molecule has 1 atom stereocenters. The van der Waals surface area contributed by atoms with Gasteiger partial charge in [0.2, 0.25) is 0 Å². The third-order valence-corrected chi connectivity index (χ3v) is 4.56. The number of thiophene rings is 1. The number of hydrogen-bond acceptors (Lipinski definition) is 3. The molecule has 1 aliphatic heterocycles. The Morgan fingerprint density at radius 2 is 2.21 bits per heavy atom. The van der Waals surface area contributed by atoms with E-state index in [1.54, 1.807) is 0 Å². The molecule has 2 heterocycles. The highest BCUT2D eigenvalue weighted by Crippen LogP contribution is 2.30. The molecule has 0 aromatic carbocycles. The van der Waals surface area contributed by atoms with Crippen LogP contribution in [0.3, 0.4) is 0 Å². The minimum Gasteiger partial charge on any atom is -0.303 e. The van der Waals surface area contributed by atoms with Crippen LogP contribution in [0.5, 0.6) is 0 Å². The Kier molecular flexibility index (Phi) is 3.27. The fourth-order valence-electron chi connectivity index (χ4n) is 1.82. The van der Waals surface area contributed by atoms with Crippen LogP contribution in [0.2, 0.25) is 0 Å². The summed E-state index contributed by atoms with van der Waals surface area (Å²) in [6, 6.07) is 2.82. The number of likely N-dealkylation sites (N-methyl/N-ethyl adjacent to an activating group) is 2. The standard InChI is InChI=1S/C10H15BrN2S/c1-12-3-4-13(2)9(6-12)10-5-8(11)7-14-10/h5,7,9H,3-4,6H2,1-2H3. The van der Waals surface area contributed by atoms with E-state index in [9.17, 15) is 0 Å². The van der Waals surface area contributed by atoms with E-state index in [1.807, 2.05) is 11.3 Å². The molecule has 0 amide bonds. The van der Waals surface area contributed by atoms with Gasteiger partial charge in [-0.05, 0) is 36.1 Å². The molecule has 1 unspecified atom stereocenters. The molecule has 0 radical (unpaired) electrons. The van der Waals surface area contributed by atoms with Gasteiger partial charge in [-0.15, -0.1) is 11.3 Å². The molecule has 78 valence electrons. The second kappa shape index (κ2) is 4.31. The van der Waals surface area contributed by atoms with Crippen molar-refractivity contribution in [2.45, 2.75) is 6.04 Å². The van der Waals surface area contributed by atoms with E-state index < -0.39 is 0 Å². The first kappa shape index (κ1) is 10.6. The minimum absolute atomic E-state index is 0.574. The van der Waals surface area contributed by atoms with Crippen LogP contribution in [0.25, 0.3) is 0 Å². The number of rotatable bonds is 1. The second-order valence-corrected chi connectivity index (χ2v) is 5.78. The fourth-order valence-corrected chi connectivity index (χ4v) is 3.42. The lowest BCUT2D eigenvalue weighted by molar-refractivity contribution is 0.117. The van der Waals surface area contributed by atoms with Crippen molar-refractivity contribution >= 4 is 27.3 Å². The number of piperazine rings is 1. The lowest BCUT2D eigenvalue weighted by atomic mass is 10.1. The van der Waals surface area contributed by atoms with Gasteiger partial charge in [-0.2, -0.15) is 0 Å². The zero-order valence-corrected chi connectivity index (χ0v) is 10.9. The first-order chi connectivity index (χ1) is 6.66. The molecule has 0 N–H and O–H groups in total. The smallest absolute Gasteiger partial charge is 0.0567 e. The van der Waals surface area contributed by atoms with E-state index in [2.05, 4.69) is 51.3 Å². The predicted octanol–water partition coefficient (Wildman–Crippen LogP) is 2.43. The van der Waals surface area contributed by atoms with E-state index in [0.29, 0.717) is 6.04 Å². The third-order valence-electron chi connectivity index (χ3n) is 2.77. The molecular weight excluding hydrogens is 260 g/mol. The van der Waals surface area contributed by atoms with Crippen LogP contribution in [-0.4, -0.2) is 43.5 Å². The Labute approximate surface area is 97.6 Å². The molecule has 1 saturated heterocycles. The first-order valence-corrected chi connectivity index (χ1v) is 6.47. The van der Waals surface area contributed by atoms with Gasteiger partial charge >= 0.3 is 0 Å². The molecule has 4 heteroatoms. The van der Waals surface area contributed by atoms with Crippen LogP contribution in [0, 0.1) is 0 Å². The highest BCUT2D eigenvalue weighted by Gasteiger charge is 2.24. The van der Waals surface area contributed by atoms with Crippen molar-refractivity contribution in [3.8, 4) is 0 Å². The molecule has 1 aromatic heterocycles. The van der Waals surface area contributed by atoms with E-state index >= 15 is 0 Å². The maximum atomic E-state index is 3.51. The van der Waals surface area contributed by atoms with Crippen molar-refractivity contribution in [1.82, 2.24) is 9.80 Å². The predicted molar refractivity (Wildman–Crippen MR) is 64.9 cm³/mol. The summed E-state index contributed by atoms with van der Waals surface area (Å²) in [6.07, 6.45) is 0. The Bertz CT molecular complexity index is 313. The molecule has 0 bridgehead atoms. The van der Waals surface area contributed by atoms with Crippen molar-refractivity contribution in [3.05, 3.63) is 20.8 Å². The summed E-state index contributed by atoms with van der Waals surface area (Å²) in [4.78, 5) is 6.31. The number of nitrogens with zero attached hydrogens (tertiary/aromatic N) is 2. The van der Waals surface area contributed by atoms with Gasteiger partial charge in [0.25, 0.3) is 0 Å². The van der Waals surface area contributed by atoms with Crippen molar-refractivity contribution in [2.75, 3.05) is 33.7 Å². The molecule has 14 heavy (non-hydrogen) atoms. The second-order valence-electron chi connectivity index (χ2n) is 3.93. The zero-order chi connectivity index (χ0) is 10.1. The first-order valence-electron chi connectivity index (χ1n) is 4.79. The quantitative estimate of drug-likeness (QED) is 0.776. The van der Waals surface area contributed by atoms with Gasteiger partial charge in [0, 0.05) is 34.4 Å². The van der Waals surface area contributed by atoms with E-state index in [4.69, 9.17) is 0 Å². The van der Waals surface area contributed by atoms with Gasteiger partial charge < -0.3 is 4.90 Å². The summed E-state index contributed by atoms with van der Waals surface area (Å²) in [5, 5.41) is 2.16.